The van der Waals surface area contributed by atoms with E-state index in [1.807, 2.05) is 13.8 Å². The normalized spacial score (nSPS) is 16.8. The summed E-state index contributed by atoms with van der Waals surface area (Å²) in [6, 6.07) is 0. The van der Waals surface area contributed by atoms with Crippen LogP contribution in [0.2, 0.25) is 0 Å². The van der Waals surface area contributed by atoms with Crippen LogP contribution in [0.4, 0.5) is 0 Å². The maximum absolute atomic E-state index is 9.59. The van der Waals surface area contributed by atoms with Crippen molar-refractivity contribution in [3.63, 3.8) is 0 Å². The Bertz CT molecular complexity index is 170. The molecule has 104 valence electrons. The van der Waals surface area contributed by atoms with Crippen molar-refractivity contribution in [1.82, 2.24) is 10.6 Å². The van der Waals surface area contributed by atoms with Gasteiger partial charge in [0.25, 0.3) is 0 Å². The standard InChI is InChI=1S/C12H28N2O3/c1-3-5-11(16)7-14-9-12(17)8-13-6-10(15)4-2/h10-17H,3-9H2,1-2H3. The molecule has 0 saturated heterocycles. The van der Waals surface area contributed by atoms with Gasteiger partial charge in [-0.2, -0.15) is 0 Å². The Morgan fingerprint density at radius 2 is 1.24 bits per heavy atom. The Kier molecular flexibility index (Phi) is 10.8. The molecule has 0 heterocycles. The van der Waals surface area contributed by atoms with Crippen molar-refractivity contribution in [2.45, 2.75) is 51.4 Å². The molecule has 0 amide bonds. The van der Waals surface area contributed by atoms with Crippen LogP contribution in [0.15, 0.2) is 0 Å². The highest BCUT2D eigenvalue weighted by Gasteiger charge is 2.07. The number of hydrogen-bond donors (Lipinski definition) is 5. The van der Waals surface area contributed by atoms with Crippen LogP contribution in [0.3, 0.4) is 0 Å². The quantitative estimate of drug-likeness (QED) is 0.339. The number of aliphatic hydroxyl groups is 3. The van der Waals surface area contributed by atoms with Gasteiger partial charge in [-0.15, -0.1) is 0 Å². The van der Waals surface area contributed by atoms with E-state index in [-0.39, 0.29) is 12.2 Å². The zero-order valence-electron chi connectivity index (χ0n) is 11.0. The summed E-state index contributed by atoms with van der Waals surface area (Å²) in [5, 5.41) is 34.3. The molecule has 0 saturated carbocycles. The second-order valence-electron chi connectivity index (χ2n) is 4.47. The Morgan fingerprint density at radius 1 is 0.765 bits per heavy atom. The summed E-state index contributed by atoms with van der Waals surface area (Å²) in [7, 11) is 0. The van der Waals surface area contributed by atoms with E-state index >= 15 is 0 Å². The highest BCUT2D eigenvalue weighted by molar-refractivity contribution is 4.67. The Morgan fingerprint density at radius 3 is 1.71 bits per heavy atom. The molecule has 0 aliphatic carbocycles. The highest BCUT2D eigenvalue weighted by atomic mass is 16.3. The van der Waals surface area contributed by atoms with E-state index in [4.69, 9.17) is 0 Å². The van der Waals surface area contributed by atoms with Crippen molar-refractivity contribution in [1.29, 1.82) is 0 Å². The third kappa shape index (κ3) is 10.7. The van der Waals surface area contributed by atoms with E-state index in [0.29, 0.717) is 32.6 Å². The van der Waals surface area contributed by atoms with Gasteiger partial charge in [0.2, 0.25) is 0 Å². The molecule has 5 nitrogen and oxygen atoms in total. The van der Waals surface area contributed by atoms with Gasteiger partial charge in [-0.05, 0) is 12.8 Å². The van der Waals surface area contributed by atoms with Crippen LogP contribution in [0.25, 0.3) is 0 Å². The maximum Gasteiger partial charge on any atom is 0.0788 e. The molecule has 0 radical (unpaired) electrons. The minimum absolute atomic E-state index is 0.331. The molecular weight excluding hydrogens is 220 g/mol. The van der Waals surface area contributed by atoms with Crippen molar-refractivity contribution in [3.8, 4) is 0 Å². The minimum Gasteiger partial charge on any atom is -0.392 e. The van der Waals surface area contributed by atoms with Crippen molar-refractivity contribution in [3.05, 3.63) is 0 Å². The van der Waals surface area contributed by atoms with Crippen LogP contribution in [0.5, 0.6) is 0 Å². The lowest BCUT2D eigenvalue weighted by Crippen LogP contribution is -2.40. The number of rotatable bonds is 11. The summed E-state index contributed by atoms with van der Waals surface area (Å²) in [6.07, 6.45) is 1.28. The van der Waals surface area contributed by atoms with Crippen LogP contribution in [-0.4, -0.2) is 59.8 Å². The van der Waals surface area contributed by atoms with Gasteiger partial charge in [-0.3, -0.25) is 0 Å². The van der Waals surface area contributed by atoms with E-state index in [2.05, 4.69) is 10.6 Å². The van der Waals surface area contributed by atoms with E-state index < -0.39 is 6.10 Å². The number of nitrogens with one attached hydrogen (secondary N) is 2. The van der Waals surface area contributed by atoms with E-state index in [0.717, 1.165) is 12.8 Å². The minimum atomic E-state index is -0.493. The summed E-state index contributed by atoms with van der Waals surface area (Å²) in [5.74, 6) is 0. The predicted octanol–water partition coefficient (Wildman–Crippen LogP) is -0.542. The van der Waals surface area contributed by atoms with Gasteiger partial charge < -0.3 is 26.0 Å². The molecule has 0 aromatic heterocycles. The van der Waals surface area contributed by atoms with Crippen LogP contribution in [-0.2, 0) is 0 Å². The molecule has 0 bridgehead atoms. The largest absolute Gasteiger partial charge is 0.392 e. The lowest BCUT2D eigenvalue weighted by atomic mass is 10.2. The van der Waals surface area contributed by atoms with Gasteiger partial charge in [-0.1, -0.05) is 20.3 Å². The summed E-state index contributed by atoms with van der Waals surface area (Å²) in [4.78, 5) is 0. The fourth-order valence-corrected chi connectivity index (χ4v) is 1.48. The van der Waals surface area contributed by atoms with Gasteiger partial charge in [0, 0.05) is 26.2 Å². The summed E-state index contributed by atoms with van der Waals surface area (Å²) in [5.41, 5.74) is 0. The molecule has 3 atom stereocenters. The smallest absolute Gasteiger partial charge is 0.0788 e. The molecule has 0 aromatic rings. The summed E-state index contributed by atoms with van der Waals surface area (Å²) < 4.78 is 0. The average Bonchev–Trinajstić information content (AvgIpc) is 2.29. The van der Waals surface area contributed by atoms with Gasteiger partial charge in [-0.25, -0.2) is 0 Å². The monoisotopic (exact) mass is 248 g/mol. The second-order valence-corrected chi connectivity index (χ2v) is 4.47. The van der Waals surface area contributed by atoms with E-state index in [1.165, 1.54) is 0 Å². The lowest BCUT2D eigenvalue weighted by molar-refractivity contribution is 0.130. The highest BCUT2D eigenvalue weighted by Crippen LogP contribution is 1.93. The fraction of sp³-hybridized carbons (Fsp3) is 1.00. The predicted molar refractivity (Wildman–Crippen MR) is 69.0 cm³/mol. The maximum atomic E-state index is 9.59. The van der Waals surface area contributed by atoms with Gasteiger partial charge >= 0.3 is 0 Å². The third-order valence-electron chi connectivity index (χ3n) is 2.61. The van der Waals surface area contributed by atoms with Gasteiger partial charge in [0.05, 0.1) is 18.3 Å². The molecule has 0 rings (SSSR count). The first kappa shape index (κ1) is 16.8. The fourth-order valence-electron chi connectivity index (χ4n) is 1.48. The Balaban J connectivity index is 3.37. The average molecular weight is 248 g/mol. The molecule has 0 fully saturated rings. The van der Waals surface area contributed by atoms with Crippen LogP contribution < -0.4 is 10.6 Å². The van der Waals surface area contributed by atoms with Crippen molar-refractivity contribution >= 4 is 0 Å². The van der Waals surface area contributed by atoms with Crippen LogP contribution >= 0.6 is 0 Å². The van der Waals surface area contributed by atoms with Gasteiger partial charge in [0.15, 0.2) is 0 Å². The Labute approximate surface area is 104 Å². The molecule has 0 aliphatic heterocycles. The second kappa shape index (κ2) is 10.9. The van der Waals surface area contributed by atoms with E-state index in [9.17, 15) is 15.3 Å². The van der Waals surface area contributed by atoms with Crippen molar-refractivity contribution in [2.75, 3.05) is 26.2 Å². The molecule has 5 N–H and O–H groups in total. The summed E-state index contributed by atoms with van der Waals surface area (Å²) >= 11 is 0. The first-order chi connectivity index (χ1) is 8.10. The zero-order chi connectivity index (χ0) is 13.1. The molecule has 5 heteroatoms. The SMILES string of the molecule is CCCC(O)CNCC(O)CNCC(O)CC. The number of hydrogen-bond acceptors (Lipinski definition) is 5. The van der Waals surface area contributed by atoms with Crippen molar-refractivity contribution in [2.24, 2.45) is 0 Å². The molecule has 17 heavy (non-hydrogen) atoms. The molecular formula is C12H28N2O3. The van der Waals surface area contributed by atoms with Crippen LogP contribution in [0.1, 0.15) is 33.1 Å². The van der Waals surface area contributed by atoms with Crippen molar-refractivity contribution < 1.29 is 15.3 Å². The van der Waals surface area contributed by atoms with Gasteiger partial charge in [0.1, 0.15) is 0 Å². The zero-order valence-corrected chi connectivity index (χ0v) is 11.0. The first-order valence-corrected chi connectivity index (χ1v) is 6.55. The topological polar surface area (TPSA) is 84.8 Å². The first-order valence-electron chi connectivity index (χ1n) is 6.55. The number of aliphatic hydroxyl groups excluding tert-OH is 3. The lowest BCUT2D eigenvalue weighted by Gasteiger charge is -2.16. The van der Waals surface area contributed by atoms with E-state index in [1.54, 1.807) is 0 Å². The molecule has 0 aliphatic rings. The van der Waals surface area contributed by atoms with Crippen LogP contribution in [0, 0.1) is 0 Å². The molecule has 0 spiro atoms. The Hall–Kier alpha value is -0.200. The molecule has 3 unspecified atom stereocenters. The third-order valence-corrected chi connectivity index (χ3v) is 2.61. The summed E-state index contributed by atoms with van der Waals surface area (Å²) in [6.45, 7) is 5.87. The molecule has 0 aromatic carbocycles.